The predicted molar refractivity (Wildman–Crippen MR) is 166 cm³/mol. The molecule has 10 aliphatic rings. The molecular formula is C40H34N2+2. The summed E-state index contributed by atoms with van der Waals surface area (Å²) in [7, 11) is 10.1. The first kappa shape index (κ1) is 20.7. The van der Waals surface area contributed by atoms with E-state index in [1.165, 1.54) is 38.0 Å². The van der Waals surface area contributed by atoms with Crippen LogP contribution in [0.1, 0.15) is 84.9 Å². The van der Waals surface area contributed by atoms with Gasteiger partial charge < -0.3 is 8.97 Å². The number of fused-ring (bicyclic) bond motifs is 3. The molecule has 0 saturated carbocycles. The third kappa shape index (κ3) is 1.58. The lowest BCUT2D eigenvalue weighted by atomic mass is 9.44. The summed E-state index contributed by atoms with van der Waals surface area (Å²) in [6.45, 7) is 5.12. The van der Waals surface area contributed by atoms with Gasteiger partial charge in [0.15, 0.2) is 0 Å². The molecule has 202 valence electrons. The number of quaternary nitrogens is 2. The van der Waals surface area contributed by atoms with Crippen molar-refractivity contribution in [3.05, 3.63) is 97.1 Å². The van der Waals surface area contributed by atoms with Crippen molar-refractivity contribution in [1.29, 1.82) is 0 Å². The highest BCUT2D eigenvalue weighted by Crippen LogP contribution is 2.83. The Bertz CT molecular complexity index is 2300. The minimum Gasteiger partial charge on any atom is -0.327 e. The number of likely N-dealkylation sites (N-methyl/N-ethyl adjacent to an activating group) is 2. The van der Waals surface area contributed by atoms with Gasteiger partial charge in [0.2, 0.25) is 0 Å². The molecule has 0 radical (unpaired) electrons. The van der Waals surface area contributed by atoms with Gasteiger partial charge in [-0.05, 0) is 113 Å². The van der Waals surface area contributed by atoms with Crippen molar-refractivity contribution in [3.8, 4) is 22.3 Å². The van der Waals surface area contributed by atoms with Gasteiger partial charge in [-0.2, -0.15) is 0 Å². The SMILES string of the molecule is C[N+]1(C)CC2c3cc4c5c6c3-c3c(cc7c8c3C6C3c6c-5c(cc5ccc9c(c65)C35C[N+](C)(C)CC85C(=C9)C7)C4)C2C1. The Hall–Kier alpha value is -3.20. The molecule has 0 bridgehead atoms. The maximum Gasteiger partial charge on any atom is 0.0930 e. The van der Waals surface area contributed by atoms with Gasteiger partial charge in [-0.3, -0.25) is 0 Å². The molecule has 42 heavy (non-hydrogen) atoms. The minimum absolute atomic E-state index is 0.160. The zero-order valence-corrected chi connectivity index (χ0v) is 24.9. The van der Waals surface area contributed by atoms with E-state index in [0.717, 1.165) is 15.4 Å². The molecule has 2 spiro atoms. The monoisotopic (exact) mass is 542 g/mol. The van der Waals surface area contributed by atoms with Crippen LogP contribution in [0.5, 0.6) is 0 Å². The first-order valence-corrected chi connectivity index (χ1v) is 16.6. The van der Waals surface area contributed by atoms with Gasteiger partial charge >= 0.3 is 0 Å². The van der Waals surface area contributed by atoms with Gasteiger partial charge in [0.1, 0.15) is 0 Å². The number of nitrogens with zero attached hydrogens (tertiary/aromatic N) is 2. The first-order chi connectivity index (χ1) is 20.2. The summed E-state index contributed by atoms with van der Waals surface area (Å²) in [5.41, 5.74) is 28.3. The molecule has 2 nitrogen and oxygen atoms in total. The van der Waals surface area contributed by atoms with Gasteiger partial charge in [0, 0.05) is 23.7 Å². The van der Waals surface area contributed by atoms with Crippen LogP contribution < -0.4 is 0 Å². The summed E-state index contributed by atoms with van der Waals surface area (Å²) in [5, 5.41) is 3.23. The summed E-state index contributed by atoms with van der Waals surface area (Å²) in [6, 6.07) is 13.3. The standard InChI is InChI=1S/C40H34N2/c1-41(2)13-25-23-11-20-8-19-7-17-5-6-18-9-22-10-21-12-24(26(25)14-41)31-30(23)32-27(20)28(19)33-29(17)36(18)40-16-42(3,4)15-39(22,40)37(21)34(31)35(32)38(33)40/h5-7,9,11-12,25-26,35,38H,8,10,13-16H2,1-4H3/q+2. The maximum atomic E-state index is 2.82. The van der Waals surface area contributed by atoms with Crippen molar-refractivity contribution in [2.24, 2.45) is 0 Å². The first-order valence-electron chi connectivity index (χ1n) is 16.6. The molecule has 14 rings (SSSR count). The highest BCUT2D eigenvalue weighted by Gasteiger charge is 2.80. The average molecular weight is 543 g/mol. The van der Waals surface area contributed by atoms with Gasteiger partial charge in [0.05, 0.1) is 65.2 Å². The third-order valence-corrected chi connectivity index (χ3v) is 15.0. The zero-order valence-electron chi connectivity index (χ0n) is 24.9. The number of benzene rings is 4. The van der Waals surface area contributed by atoms with Gasteiger partial charge in [-0.25, -0.2) is 0 Å². The van der Waals surface area contributed by atoms with Crippen molar-refractivity contribution in [2.45, 2.75) is 47.3 Å². The molecule has 2 saturated heterocycles. The van der Waals surface area contributed by atoms with Crippen molar-refractivity contribution in [3.63, 3.8) is 0 Å². The largest absolute Gasteiger partial charge is 0.327 e. The molecule has 8 aliphatic carbocycles. The lowest BCUT2D eigenvalue weighted by Gasteiger charge is -2.54. The molecule has 4 aromatic rings. The number of hydrogen-bond acceptors (Lipinski definition) is 0. The average Bonchev–Trinajstić information content (AvgIpc) is 3.72. The fraction of sp³-hybridized carbons (Fsp3) is 0.400. The van der Waals surface area contributed by atoms with Crippen LogP contribution in [0.3, 0.4) is 0 Å². The zero-order chi connectivity index (χ0) is 27.2. The van der Waals surface area contributed by atoms with Crippen LogP contribution in [0.2, 0.25) is 0 Å². The van der Waals surface area contributed by atoms with Crippen LogP contribution in [0.25, 0.3) is 39.1 Å². The Balaban J connectivity index is 1.30. The van der Waals surface area contributed by atoms with Crippen LogP contribution in [-0.2, 0) is 23.7 Å². The van der Waals surface area contributed by atoms with Crippen molar-refractivity contribution in [2.75, 3.05) is 54.4 Å². The van der Waals surface area contributed by atoms with Crippen LogP contribution >= 0.6 is 0 Å². The molecule has 6 atom stereocenters. The second kappa shape index (κ2) is 5.24. The van der Waals surface area contributed by atoms with E-state index in [-0.39, 0.29) is 10.8 Å². The van der Waals surface area contributed by atoms with E-state index < -0.39 is 0 Å². The molecule has 4 aromatic carbocycles. The van der Waals surface area contributed by atoms with E-state index in [2.05, 4.69) is 64.6 Å². The van der Waals surface area contributed by atoms with Crippen LogP contribution in [0.4, 0.5) is 0 Å². The van der Waals surface area contributed by atoms with E-state index in [1.54, 1.807) is 77.7 Å². The molecule has 2 aliphatic heterocycles. The Labute approximate surface area is 246 Å². The van der Waals surface area contributed by atoms with Gasteiger partial charge in [-0.15, -0.1) is 0 Å². The smallest absolute Gasteiger partial charge is 0.0930 e. The Morgan fingerprint density at radius 3 is 2.26 bits per heavy atom. The van der Waals surface area contributed by atoms with E-state index in [9.17, 15) is 0 Å². The fourth-order valence-corrected chi connectivity index (χ4v) is 14.8. The number of rotatable bonds is 0. The lowest BCUT2D eigenvalue weighted by Crippen LogP contribution is -2.56. The van der Waals surface area contributed by atoms with Crippen molar-refractivity contribution in [1.82, 2.24) is 0 Å². The van der Waals surface area contributed by atoms with Crippen LogP contribution in [0, 0.1) is 0 Å². The molecule has 0 amide bonds. The second-order valence-electron chi connectivity index (χ2n) is 17.7. The van der Waals surface area contributed by atoms with E-state index in [4.69, 9.17) is 0 Å². The van der Waals surface area contributed by atoms with E-state index >= 15 is 0 Å². The van der Waals surface area contributed by atoms with Crippen molar-refractivity contribution >= 4 is 16.8 Å². The summed E-state index contributed by atoms with van der Waals surface area (Å²) >= 11 is 0. The molecule has 2 fully saturated rings. The van der Waals surface area contributed by atoms with Crippen LogP contribution in [0.15, 0.2) is 35.9 Å². The second-order valence-corrected chi connectivity index (χ2v) is 17.7. The number of hydrogen-bond donors (Lipinski definition) is 0. The summed E-state index contributed by atoms with van der Waals surface area (Å²) in [4.78, 5) is 0. The third-order valence-electron chi connectivity index (χ3n) is 15.0. The van der Waals surface area contributed by atoms with Crippen molar-refractivity contribution < 1.29 is 8.97 Å². The van der Waals surface area contributed by atoms with Gasteiger partial charge in [0.25, 0.3) is 0 Å². The molecule has 6 unspecified atom stereocenters. The topological polar surface area (TPSA) is 0 Å². The predicted octanol–water partition coefficient (Wildman–Crippen LogP) is 6.44. The van der Waals surface area contributed by atoms with E-state index in [1.807, 2.05) is 16.7 Å². The van der Waals surface area contributed by atoms with Crippen LogP contribution in [-0.4, -0.2) is 63.3 Å². The summed E-state index contributed by atoms with van der Waals surface area (Å²) < 4.78 is 2.30. The highest BCUT2D eigenvalue weighted by molar-refractivity contribution is 6.10. The molecule has 0 N–H and O–H groups in total. The minimum atomic E-state index is 0.160. The van der Waals surface area contributed by atoms with E-state index in [0.29, 0.717) is 23.7 Å². The Kier molecular flexibility index (Phi) is 2.58. The normalized spacial score (nSPS) is 37.2. The quantitative estimate of drug-likeness (QED) is 0.198. The summed E-state index contributed by atoms with van der Waals surface area (Å²) in [6.07, 6.45) is 5.05. The molecule has 0 aromatic heterocycles. The summed E-state index contributed by atoms with van der Waals surface area (Å²) in [5.74, 6) is 2.49. The van der Waals surface area contributed by atoms with Gasteiger partial charge in [-0.1, -0.05) is 36.4 Å². The number of likely N-dealkylation sites (tertiary alicyclic amines) is 2. The fourth-order valence-electron chi connectivity index (χ4n) is 14.8. The molecule has 2 heteroatoms. The lowest BCUT2D eigenvalue weighted by molar-refractivity contribution is -0.881. The maximum absolute atomic E-state index is 2.82. The molecular weight excluding hydrogens is 508 g/mol. The molecule has 2 heterocycles. The Morgan fingerprint density at radius 1 is 0.690 bits per heavy atom. The Morgan fingerprint density at radius 2 is 1.43 bits per heavy atom. The highest BCUT2D eigenvalue weighted by atomic mass is 15.4.